The zero-order valence-electron chi connectivity index (χ0n) is 24.1. The van der Waals surface area contributed by atoms with Crippen molar-refractivity contribution in [3.63, 3.8) is 0 Å². The molecule has 7 heteroatoms. The Labute approximate surface area is 229 Å². The Morgan fingerprint density at radius 1 is 0.639 bits per heavy atom. The van der Waals surface area contributed by atoms with Crippen molar-refractivity contribution in [3.8, 4) is 11.5 Å². The Hall–Kier alpha value is -1.28. The van der Waals surface area contributed by atoms with Crippen LogP contribution in [0.4, 0.5) is 0 Å². The van der Waals surface area contributed by atoms with Crippen LogP contribution in [-0.4, -0.2) is 22.8 Å². The van der Waals surface area contributed by atoms with Gasteiger partial charge in [0.15, 0.2) is 0 Å². The van der Waals surface area contributed by atoms with Crippen LogP contribution in [0.5, 0.6) is 11.5 Å². The summed E-state index contributed by atoms with van der Waals surface area (Å²) in [5.41, 5.74) is 5.02. The average Bonchev–Trinajstić information content (AvgIpc) is 2.58. The quantitative estimate of drug-likeness (QED) is 0.267. The number of hydrogen-bond donors (Lipinski definition) is 0. The summed E-state index contributed by atoms with van der Waals surface area (Å²) in [6, 6.07) is 8.40. The van der Waals surface area contributed by atoms with E-state index in [0.29, 0.717) is 17.9 Å². The van der Waals surface area contributed by atoms with Crippen LogP contribution in [-0.2, 0) is 32.6 Å². The second-order valence-electron chi connectivity index (χ2n) is 13.8. The normalized spacial score (nSPS) is 15.6. The van der Waals surface area contributed by atoms with Crippen molar-refractivity contribution in [2.75, 3.05) is 0 Å². The van der Waals surface area contributed by atoms with Crippen LogP contribution in [0.25, 0.3) is 0 Å². The first-order valence-electron chi connectivity index (χ1n) is 12.2. The van der Waals surface area contributed by atoms with Gasteiger partial charge in [0.2, 0.25) is 0 Å². The molecule has 1 N–H and O–H groups in total. The van der Waals surface area contributed by atoms with Crippen LogP contribution in [0.15, 0.2) is 24.3 Å². The molecule has 1 heterocycles. The third kappa shape index (κ3) is 6.97. The molecule has 0 saturated heterocycles. The topological polar surface area (TPSA) is 88.6 Å². The second-order valence-corrected chi connectivity index (χ2v) is 15.1. The molecule has 5 nitrogen and oxygen atoms in total. The van der Waals surface area contributed by atoms with Crippen molar-refractivity contribution in [1.82, 2.24) is 0 Å². The van der Waals surface area contributed by atoms with Crippen molar-refractivity contribution in [2.45, 2.75) is 111 Å². The summed E-state index contributed by atoms with van der Waals surface area (Å²) in [6.45, 7) is 25.5. The van der Waals surface area contributed by atoms with E-state index in [9.17, 15) is 9.46 Å². The standard InChI is InChI=1S/C29H43O4P.Al.H2O/c1-26(2,3)20-14-18-13-19-15-21(27(4,5)6)17-23(29(10,11)12)25(19)33-34(30,31)32-24(18)22(16-20)28(7,8)9;;/h14-17H,13H2,1-12H3,(H,30,31);;1H2/q;+2;/p-2. The van der Waals surface area contributed by atoms with Crippen LogP contribution in [0.1, 0.15) is 116 Å². The van der Waals surface area contributed by atoms with Gasteiger partial charge in [-0.05, 0) is 43.9 Å². The number of rotatable bonds is 0. The molecule has 0 amide bonds. The van der Waals surface area contributed by atoms with Crippen LogP contribution < -0.4 is 13.9 Å². The molecule has 0 bridgehead atoms. The summed E-state index contributed by atoms with van der Waals surface area (Å²) in [5.74, 6) is 0.811. The van der Waals surface area contributed by atoms with Crippen molar-refractivity contribution in [1.29, 1.82) is 0 Å². The summed E-state index contributed by atoms with van der Waals surface area (Å²) in [7, 11) is -4.68. The molecule has 3 rings (SSSR count). The van der Waals surface area contributed by atoms with Gasteiger partial charge in [0.25, 0.3) is 0 Å². The third-order valence-corrected chi connectivity index (χ3v) is 7.28. The molecule has 1 aliphatic heterocycles. The van der Waals surface area contributed by atoms with Crippen molar-refractivity contribution >= 4 is 25.2 Å². The molecule has 1 radical (unpaired) electrons. The Bertz CT molecular complexity index is 1070. The Morgan fingerprint density at radius 3 is 1.19 bits per heavy atom. The Kier molecular flexibility index (Phi) is 9.21. The summed E-state index contributed by atoms with van der Waals surface area (Å²) >= 11 is 0. The van der Waals surface area contributed by atoms with E-state index in [0.717, 1.165) is 33.4 Å². The first kappa shape index (κ1) is 32.8. The van der Waals surface area contributed by atoms with Gasteiger partial charge in [-0.25, -0.2) is 4.57 Å². The predicted molar refractivity (Wildman–Crippen MR) is 147 cm³/mol. The Balaban J connectivity index is 0.00000324. The van der Waals surface area contributed by atoms with E-state index in [4.69, 9.17) is 9.05 Å². The zero-order chi connectivity index (χ0) is 26.1. The predicted octanol–water partition coefficient (Wildman–Crippen LogP) is 7.15. The summed E-state index contributed by atoms with van der Waals surface area (Å²) in [5, 5.41) is 0. The minimum atomic E-state index is -4.68. The second kappa shape index (κ2) is 10.1. The first-order valence-corrected chi connectivity index (χ1v) is 13.6. The molecule has 197 valence electrons. The van der Waals surface area contributed by atoms with Gasteiger partial charge in [0.05, 0.1) is 0 Å². The van der Waals surface area contributed by atoms with E-state index in [1.54, 1.807) is 0 Å². The summed E-state index contributed by atoms with van der Waals surface area (Å²) in [4.78, 5) is 13.3. The molecule has 0 spiro atoms. The monoisotopic (exact) mass is 529 g/mol. The van der Waals surface area contributed by atoms with Gasteiger partial charge in [-0.15, -0.1) is 0 Å². The number of phosphoric ester groups is 1. The number of hydrogen-bond acceptors (Lipinski definition) is 5. The molecule has 0 atom stereocenters. The fourth-order valence-electron chi connectivity index (χ4n) is 4.28. The summed E-state index contributed by atoms with van der Waals surface area (Å²) in [6.07, 6.45) is 0.532. The molecule has 0 unspecified atom stereocenters. The summed E-state index contributed by atoms with van der Waals surface area (Å²) < 4.78 is 24.8. The van der Waals surface area contributed by atoms with Gasteiger partial charge in [-0.1, -0.05) is 107 Å². The number of phosphoric acid groups is 1. The number of fused-ring (bicyclic) bond motifs is 2. The van der Waals surface area contributed by atoms with Gasteiger partial charge < -0.3 is 19.4 Å². The van der Waals surface area contributed by atoms with E-state index in [1.807, 2.05) is 0 Å². The van der Waals surface area contributed by atoms with Crippen LogP contribution in [0.2, 0.25) is 0 Å². The van der Waals surface area contributed by atoms with E-state index in [-0.39, 0.29) is 44.5 Å². The molecule has 0 saturated carbocycles. The maximum absolute atomic E-state index is 13.3. The van der Waals surface area contributed by atoms with E-state index < -0.39 is 7.82 Å². The van der Waals surface area contributed by atoms with Gasteiger partial charge in [-0.2, -0.15) is 0 Å². The largest absolute Gasteiger partial charge is 2.00 e. The Morgan fingerprint density at radius 2 is 0.944 bits per heavy atom. The fraction of sp³-hybridized carbons (Fsp3) is 0.586. The van der Waals surface area contributed by atoms with Gasteiger partial charge in [0, 0.05) is 17.5 Å². The van der Waals surface area contributed by atoms with Crippen molar-refractivity contribution < 1.29 is 24.0 Å². The maximum atomic E-state index is 13.3. The van der Waals surface area contributed by atoms with Gasteiger partial charge >= 0.3 is 25.2 Å². The molecule has 0 aliphatic carbocycles. The van der Waals surface area contributed by atoms with E-state index in [2.05, 4.69) is 107 Å². The van der Waals surface area contributed by atoms with E-state index in [1.165, 1.54) is 0 Å². The van der Waals surface area contributed by atoms with E-state index >= 15 is 0 Å². The van der Waals surface area contributed by atoms with Crippen LogP contribution in [0.3, 0.4) is 0 Å². The molecule has 0 fully saturated rings. The fourth-order valence-corrected chi connectivity index (χ4v) is 5.20. The zero-order valence-corrected chi connectivity index (χ0v) is 26.2. The van der Waals surface area contributed by atoms with Gasteiger partial charge in [-0.3, -0.25) is 0 Å². The smallest absolute Gasteiger partial charge is 0.870 e. The average molecular weight is 530 g/mol. The third-order valence-electron chi connectivity index (χ3n) is 6.47. The first-order chi connectivity index (χ1) is 15.1. The van der Waals surface area contributed by atoms with Crippen LogP contribution >= 0.6 is 7.82 Å². The van der Waals surface area contributed by atoms with Gasteiger partial charge in [0.1, 0.15) is 11.5 Å². The maximum Gasteiger partial charge on any atom is 2.00 e. The van der Waals surface area contributed by atoms with Crippen molar-refractivity contribution in [3.05, 3.63) is 57.6 Å². The SMILES string of the molecule is CC(C)(C)c1cc2c(c(C(C)(C)C)c1)OP(=O)([O-])Oc1c(cc(C(C)(C)C)cc1C(C)(C)C)C2.[Al+2].[OH-]. The molecule has 2 aromatic rings. The number of benzene rings is 2. The minimum Gasteiger partial charge on any atom is -0.870 e. The molecule has 2 aromatic carbocycles. The van der Waals surface area contributed by atoms with Crippen LogP contribution in [0, 0.1) is 0 Å². The minimum absolute atomic E-state index is 0. The molecular formula is C29H43AlO5P. The molecule has 36 heavy (non-hydrogen) atoms. The molecule has 0 aromatic heterocycles. The molecular weight excluding hydrogens is 486 g/mol. The molecule has 1 aliphatic rings. The van der Waals surface area contributed by atoms with Crippen molar-refractivity contribution in [2.24, 2.45) is 0 Å².